The number of fused-ring (bicyclic) bond motifs is 6. The largest absolute Gasteiger partial charge is 0.309 e. The van der Waals surface area contributed by atoms with Crippen molar-refractivity contribution in [1.29, 1.82) is 0 Å². The molecule has 0 saturated heterocycles. The molecule has 262 valence electrons. The van der Waals surface area contributed by atoms with Gasteiger partial charge < -0.3 is 9.13 Å². The van der Waals surface area contributed by atoms with Gasteiger partial charge in [-0.25, -0.2) is 15.0 Å². The van der Waals surface area contributed by atoms with E-state index in [1.54, 1.807) is 12.4 Å². The standard InChI is InChI=1S/C49H31N7/c1-4-22-43-37(17-1)38-18-2-5-23-44(38)55(43)35-15-12-16-36(31-35)56-45-24-6-3-19-39(45)40-30-33(25-26-46(40)56)32-13-11-14-34(29-32)47-52-48(41-20-7-9-27-50-41)54-49(53-47)42-21-8-10-28-51-42/h1-31H. The van der Waals surface area contributed by atoms with E-state index in [4.69, 9.17) is 15.0 Å². The number of aromatic nitrogens is 7. The van der Waals surface area contributed by atoms with Crippen molar-refractivity contribution < 1.29 is 0 Å². The molecule has 7 nitrogen and oxygen atoms in total. The summed E-state index contributed by atoms with van der Waals surface area (Å²) in [6, 6.07) is 61.4. The Bertz CT molecular complexity index is 3150. The van der Waals surface area contributed by atoms with E-state index in [0.29, 0.717) is 28.9 Å². The summed E-state index contributed by atoms with van der Waals surface area (Å²) in [6.07, 6.45) is 3.49. The molecule has 0 amide bonds. The van der Waals surface area contributed by atoms with Crippen LogP contribution in [-0.2, 0) is 0 Å². The highest BCUT2D eigenvalue weighted by atomic mass is 15.1. The second-order valence-electron chi connectivity index (χ2n) is 13.8. The van der Waals surface area contributed by atoms with Crippen LogP contribution in [0.4, 0.5) is 0 Å². The quantitative estimate of drug-likeness (QED) is 0.171. The fourth-order valence-corrected chi connectivity index (χ4v) is 7.96. The Labute approximate surface area is 321 Å². The maximum Gasteiger partial charge on any atom is 0.182 e. The van der Waals surface area contributed by atoms with E-state index >= 15 is 0 Å². The Balaban J connectivity index is 1.03. The fourth-order valence-electron chi connectivity index (χ4n) is 7.96. The van der Waals surface area contributed by atoms with Gasteiger partial charge in [0.25, 0.3) is 0 Å². The molecule has 0 spiro atoms. The number of hydrogen-bond donors (Lipinski definition) is 0. The average molecular weight is 718 g/mol. The second kappa shape index (κ2) is 13.0. The summed E-state index contributed by atoms with van der Waals surface area (Å²) in [5, 5.41) is 4.88. The normalized spacial score (nSPS) is 11.6. The van der Waals surface area contributed by atoms with Crippen molar-refractivity contribution in [2.75, 3.05) is 0 Å². The van der Waals surface area contributed by atoms with Gasteiger partial charge in [0, 0.05) is 50.9 Å². The lowest BCUT2D eigenvalue weighted by Gasteiger charge is -2.13. The molecule has 0 atom stereocenters. The van der Waals surface area contributed by atoms with Crippen LogP contribution in [0.1, 0.15) is 0 Å². The summed E-state index contributed by atoms with van der Waals surface area (Å²) >= 11 is 0. The Morgan fingerprint density at radius 3 is 1.34 bits per heavy atom. The van der Waals surface area contributed by atoms with Crippen LogP contribution in [0.2, 0.25) is 0 Å². The molecular weight excluding hydrogens is 687 g/mol. The van der Waals surface area contributed by atoms with Gasteiger partial charge in [-0.3, -0.25) is 9.97 Å². The topological polar surface area (TPSA) is 74.3 Å². The third-order valence-electron chi connectivity index (χ3n) is 10.5. The van der Waals surface area contributed by atoms with Gasteiger partial charge in [0.2, 0.25) is 0 Å². The van der Waals surface area contributed by atoms with Crippen molar-refractivity contribution in [3.63, 3.8) is 0 Å². The van der Waals surface area contributed by atoms with Gasteiger partial charge in [-0.1, -0.05) is 97.1 Å². The molecule has 11 aromatic rings. The van der Waals surface area contributed by atoms with E-state index < -0.39 is 0 Å². The average Bonchev–Trinajstić information content (AvgIpc) is 3.80. The Morgan fingerprint density at radius 1 is 0.304 bits per heavy atom. The van der Waals surface area contributed by atoms with Gasteiger partial charge in [-0.2, -0.15) is 0 Å². The minimum absolute atomic E-state index is 0.498. The van der Waals surface area contributed by atoms with Crippen molar-refractivity contribution in [1.82, 2.24) is 34.1 Å². The zero-order valence-electron chi connectivity index (χ0n) is 30.0. The van der Waals surface area contributed by atoms with Crippen LogP contribution in [-0.4, -0.2) is 34.1 Å². The summed E-state index contributed by atoms with van der Waals surface area (Å²) < 4.78 is 4.75. The Kier molecular flexibility index (Phi) is 7.35. The summed E-state index contributed by atoms with van der Waals surface area (Å²) in [6.45, 7) is 0. The van der Waals surface area contributed by atoms with Crippen LogP contribution in [0, 0.1) is 0 Å². The van der Waals surface area contributed by atoms with Crippen molar-refractivity contribution in [2.45, 2.75) is 0 Å². The lowest BCUT2D eigenvalue weighted by molar-refractivity contribution is 1.05. The van der Waals surface area contributed by atoms with Crippen LogP contribution in [0.5, 0.6) is 0 Å². The van der Waals surface area contributed by atoms with Gasteiger partial charge in [-0.05, 0) is 90.0 Å². The molecule has 5 aromatic heterocycles. The van der Waals surface area contributed by atoms with Crippen molar-refractivity contribution in [3.05, 3.63) is 188 Å². The lowest BCUT2D eigenvalue weighted by Crippen LogP contribution is -2.01. The van der Waals surface area contributed by atoms with E-state index in [1.165, 1.54) is 32.6 Å². The third-order valence-corrected chi connectivity index (χ3v) is 10.5. The molecule has 5 heterocycles. The molecule has 0 fully saturated rings. The number of nitrogens with zero attached hydrogens (tertiary/aromatic N) is 7. The molecule has 0 unspecified atom stereocenters. The van der Waals surface area contributed by atoms with Gasteiger partial charge in [0.1, 0.15) is 11.4 Å². The smallest absolute Gasteiger partial charge is 0.182 e. The van der Waals surface area contributed by atoms with Crippen molar-refractivity contribution >= 4 is 43.6 Å². The predicted molar refractivity (Wildman–Crippen MR) is 226 cm³/mol. The summed E-state index contributed by atoms with van der Waals surface area (Å²) in [4.78, 5) is 23.6. The monoisotopic (exact) mass is 717 g/mol. The number of hydrogen-bond acceptors (Lipinski definition) is 5. The van der Waals surface area contributed by atoms with Gasteiger partial charge >= 0.3 is 0 Å². The molecule has 0 bridgehead atoms. The SMILES string of the molecule is c1ccc(-c2nc(-c3cccc(-c4ccc5c(c4)c4ccccc4n5-c4cccc(-n5c6ccccc6c6ccccc65)c4)c3)nc(-c3ccccn3)n2)nc1. The molecule has 0 saturated carbocycles. The zero-order chi connectivity index (χ0) is 37.0. The highest BCUT2D eigenvalue weighted by Gasteiger charge is 2.18. The van der Waals surface area contributed by atoms with E-state index in [2.05, 4.69) is 153 Å². The van der Waals surface area contributed by atoms with Gasteiger partial charge in [0.05, 0.1) is 22.1 Å². The molecular formula is C49H31N7. The molecule has 0 aliphatic rings. The maximum atomic E-state index is 4.90. The fraction of sp³-hybridized carbons (Fsp3) is 0. The van der Waals surface area contributed by atoms with Crippen molar-refractivity contribution in [2.24, 2.45) is 0 Å². The molecule has 0 radical (unpaired) electrons. The number of pyridine rings is 2. The first-order chi connectivity index (χ1) is 27.8. The highest BCUT2D eigenvalue weighted by Crippen LogP contribution is 2.37. The zero-order valence-corrected chi connectivity index (χ0v) is 30.0. The highest BCUT2D eigenvalue weighted by molar-refractivity contribution is 6.11. The Morgan fingerprint density at radius 2 is 0.768 bits per heavy atom. The first kappa shape index (κ1) is 31.7. The summed E-state index contributed by atoms with van der Waals surface area (Å²) in [5.74, 6) is 1.56. The molecule has 56 heavy (non-hydrogen) atoms. The van der Waals surface area contributed by atoms with Crippen LogP contribution in [0.25, 0.3) is 101 Å². The maximum absolute atomic E-state index is 4.90. The lowest BCUT2D eigenvalue weighted by atomic mass is 10.0. The second-order valence-corrected chi connectivity index (χ2v) is 13.8. The first-order valence-corrected chi connectivity index (χ1v) is 18.6. The molecule has 6 aromatic carbocycles. The van der Waals surface area contributed by atoms with Gasteiger partial charge in [-0.15, -0.1) is 0 Å². The predicted octanol–water partition coefficient (Wildman–Crippen LogP) is 11.5. The van der Waals surface area contributed by atoms with Crippen LogP contribution < -0.4 is 0 Å². The van der Waals surface area contributed by atoms with Gasteiger partial charge in [0.15, 0.2) is 17.5 Å². The molecule has 0 aliphatic carbocycles. The van der Waals surface area contributed by atoms with Crippen LogP contribution >= 0.6 is 0 Å². The third kappa shape index (κ3) is 5.25. The van der Waals surface area contributed by atoms with E-state index in [-0.39, 0.29) is 0 Å². The molecule has 11 rings (SSSR count). The minimum atomic E-state index is 0.498. The number of rotatable bonds is 6. The first-order valence-electron chi connectivity index (χ1n) is 18.6. The molecule has 0 aliphatic heterocycles. The van der Waals surface area contributed by atoms with Crippen molar-refractivity contribution in [3.8, 4) is 56.9 Å². The molecule has 0 N–H and O–H groups in total. The Hall–Kier alpha value is -7.77. The van der Waals surface area contributed by atoms with E-state index in [9.17, 15) is 0 Å². The summed E-state index contributed by atoms with van der Waals surface area (Å²) in [5.41, 5.74) is 11.3. The van der Waals surface area contributed by atoms with Crippen LogP contribution in [0.3, 0.4) is 0 Å². The minimum Gasteiger partial charge on any atom is -0.309 e. The molecule has 7 heteroatoms. The number of benzene rings is 6. The summed E-state index contributed by atoms with van der Waals surface area (Å²) in [7, 11) is 0. The van der Waals surface area contributed by atoms with Crippen LogP contribution in [0.15, 0.2) is 188 Å². The van der Waals surface area contributed by atoms with E-state index in [0.717, 1.165) is 39.1 Å². The van der Waals surface area contributed by atoms with E-state index in [1.807, 2.05) is 42.5 Å². The number of para-hydroxylation sites is 3.